The molecule has 0 aliphatic carbocycles. The van der Waals surface area contributed by atoms with Crippen molar-refractivity contribution < 1.29 is 9.53 Å². The SMILES string of the molecule is Cc1nc(NC(=O)CN2C[C@H](C)O[C@@H](C)C2)sc1C. The Balaban J connectivity index is 1.87. The summed E-state index contributed by atoms with van der Waals surface area (Å²) < 4.78 is 5.65. The number of aromatic nitrogens is 1. The minimum atomic E-state index is -0.00458. The van der Waals surface area contributed by atoms with Crippen LogP contribution in [0.5, 0.6) is 0 Å². The first-order chi connectivity index (χ1) is 8.94. The second kappa shape index (κ2) is 5.98. The van der Waals surface area contributed by atoms with E-state index in [4.69, 9.17) is 4.74 Å². The van der Waals surface area contributed by atoms with Gasteiger partial charge in [-0.1, -0.05) is 0 Å². The fourth-order valence-corrected chi connectivity index (χ4v) is 3.13. The zero-order valence-electron chi connectivity index (χ0n) is 11.9. The minimum Gasteiger partial charge on any atom is -0.373 e. The van der Waals surface area contributed by atoms with Crippen molar-refractivity contribution in [2.24, 2.45) is 0 Å². The van der Waals surface area contributed by atoms with Gasteiger partial charge in [-0.3, -0.25) is 9.69 Å². The number of ether oxygens (including phenoxy) is 1. The highest BCUT2D eigenvalue weighted by Gasteiger charge is 2.23. The molecule has 1 fully saturated rings. The topological polar surface area (TPSA) is 54.5 Å². The monoisotopic (exact) mass is 283 g/mol. The molecule has 1 aromatic rings. The van der Waals surface area contributed by atoms with Crippen molar-refractivity contribution >= 4 is 22.4 Å². The Morgan fingerprint density at radius 1 is 1.42 bits per heavy atom. The molecule has 0 saturated carbocycles. The molecular weight excluding hydrogens is 262 g/mol. The summed E-state index contributed by atoms with van der Waals surface area (Å²) in [5.41, 5.74) is 0.980. The highest BCUT2D eigenvalue weighted by molar-refractivity contribution is 7.15. The number of nitrogens with one attached hydrogen (secondary N) is 1. The summed E-state index contributed by atoms with van der Waals surface area (Å²) in [7, 11) is 0. The molecule has 1 aliphatic heterocycles. The predicted molar refractivity (Wildman–Crippen MR) is 76.7 cm³/mol. The third-order valence-corrected chi connectivity index (χ3v) is 4.13. The Bertz CT molecular complexity index is 431. The van der Waals surface area contributed by atoms with Crippen LogP contribution in [0.1, 0.15) is 24.4 Å². The molecule has 1 amide bonds. The summed E-state index contributed by atoms with van der Waals surface area (Å²) >= 11 is 1.52. The van der Waals surface area contributed by atoms with Gasteiger partial charge >= 0.3 is 0 Å². The Morgan fingerprint density at radius 2 is 2.05 bits per heavy atom. The summed E-state index contributed by atoms with van der Waals surface area (Å²) in [6.07, 6.45) is 0.363. The highest BCUT2D eigenvalue weighted by Crippen LogP contribution is 2.21. The first-order valence-corrected chi connectivity index (χ1v) is 7.37. The first kappa shape index (κ1) is 14.4. The Hall–Kier alpha value is -0.980. The van der Waals surface area contributed by atoms with Gasteiger partial charge in [0.05, 0.1) is 24.4 Å². The zero-order chi connectivity index (χ0) is 14.0. The number of aryl methyl sites for hydroxylation is 2. The van der Waals surface area contributed by atoms with Crippen LogP contribution in [-0.4, -0.2) is 47.6 Å². The molecule has 2 rings (SSSR count). The number of thiazole rings is 1. The van der Waals surface area contributed by atoms with Crippen molar-refractivity contribution in [2.75, 3.05) is 25.0 Å². The maximum absolute atomic E-state index is 12.0. The lowest BCUT2D eigenvalue weighted by atomic mass is 10.2. The van der Waals surface area contributed by atoms with E-state index in [1.165, 1.54) is 11.3 Å². The molecule has 1 saturated heterocycles. The maximum Gasteiger partial charge on any atom is 0.240 e. The van der Waals surface area contributed by atoms with Gasteiger partial charge in [-0.15, -0.1) is 11.3 Å². The van der Waals surface area contributed by atoms with Crippen molar-refractivity contribution in [1.29, 1.82) is 0 Å². The smallest absolute Gasteiger partial charge is 0.240 e. The Labute approximate surface area is 118 Å². The van der Waals surface area contributed by atoms with E-state index < -0.39 is 0 Å². The summed E-state index contributed by atoms with van der Waals surface area (Å²) in [6.45, 7) is 10.0. The number of carbonyl (C=O) groups excluding carboxylic acids is 1. The number of anilines is 1. The van der Waals surface area contributed by atoms with E-state index in [0.29, 0.717) is 11.7 Å². The van der Waals surface area contributed by atoms with E-state index in [-0.39, 0.29) is 18.1 Å². The average molecular weight is 283 g/mol. The highest BCUT2D eigenvalue weighted by atomic mass is 32.1. The number of amides is 1. The maximum atomic E-state index is 12.0. The van der Waals surface area contributed by atoms with Gasteiger partial charge in [0.2, 0.25) is 5.91 Å². The van der Waals surface area contributed by atoms with E-state index in [1.807, 2.05) is 27.7 Å². The van der Waals surface area contributed by atoms with Gasteiger partial charge in [-0.25, -0.2) is 4.98 Å². The van der Waals surface area contributed by atoms with E-state index in [0.717, 1.165) is 23.7 Å². The van der Waals surface area contributed by atoms with Gasteiger partial charge in [0.1, 0.15) is 0 Å². The van der Waals surface area contributed by atoms with E-state index in [9.17, 15) is 4.79 Å². The second-order valence-corrected chi connectivity index (χ2v) is 6.36. The number of morpholine rings is 1. The van der Waals surface area contributed by atoms with Gasteiger partial charge in [0, 0.05) is 18.0 Å². The van der Waals surface area contributed by atoms with Crippen LogP contribution in [0.4, 0.5) is 5.13 Å². The molecular formula is C13H21N3O2S. The van der Waals surface area contributed by atoms with Gasteiger partial charge in [0.25, 0.3) is 0 Å². The molecule has 2 atom stereocenters. The molecule has 0 spiro atoms. The van der Waals surface area contributed by atoms with Crippen molar-refractivity contribution in [3.05, 3.63) is 10.6 Å². The molecule has 2 heterocycles. The number of carbonyl (C=O) groups is 1. The number of rotatable bonds is 3. The third kappa shape index (κ3) is 3.99. The lowest BCUT2D eigenvalue weighted by Crippen LogP contribution is -2.48. The van der Waals surface area contributed by atoms with Crippen LogP contribution in [0.3, 0.4) is 0 Å². The standard InChI is InChI=1S/C13H21N3O2S/c1-8-5-16(6-9(2)18-8)7-12(17)15-13-14-10(3)11(4)19-13/h8-9H,5-7H2,1-4H3,(H,14,15,17)/t8-,9-/m0/s1. The van der Waals surface area contributed by atoms with Crippen LogP contribution in [0, 0.1) is 13.8 Å². The van der Waals surface area contributed by atoms with Crippen LogP contribution < -0.4 is 5.32 Å². The summed E-state index contributed by atoms with van der Waals surface area (Å²) in [4.78, 5) is 19.6. The molecule has 1 N–H and O–H groups in total. The molecule has 106 valence electrons. The van der Waals surface area contributed by atoms with Crippen LogP contribution in [0.25, 0.3) is 0 Å². The molecule has 0 aromatic carbocycles. The van der Waals surface area contributed by atoms with E-state index in [2.05, 4.69) is 15.2 Å². The van der Waals surface area contributed by atoms with Crippen LogP contribution in [0.2, 0.25) is 0 Å². The number of nitrogens with zero attached hydrogens (tertiary/aromatic N) is 2. The average Bonchev–Trinajstić information content (AvgIpc) is 2.55. The van der Waals surface area contributed by atoms with Gasteiger partial charge in [0.15, 0.2) is 5.13 Å². The summed E-state index contributed by atoms with van der Waals surface area (Å²) in [5, 5.41) is 3.56. The van der Waals surface area contributed by atoms with Gasteiger partial charge in [-0.05, 0) is 27.7 Å². The molecule has 0 bridgehead atoms. The van der Waals surface area contributed by atoms with Crippen molar-refractivity contribution in [3.63, 3.8) is 0 Å². The molecule has 6 heteroatoms. The minimum absolute atomic E-state index is 0.00458. The zero-order valence-corrected chi connectivity index (χ0v) is 12.7. The van der Waals surface area contributed by atoms with Crippen molar-refractivity contribution in [2.45, 2.75) is 39.9 Å². The lowest BCUT2D eigenvalue weighted by Gasteiger charge is -2.34. The number of hydrogen-bond donors (Lipinski definition) is 1. The molecule has 1 aromatic heterocycles. The molecule has 0 radical (unpaired) electrons. The normalized spacial score (nSPS) is 24.4. The summed E-state index contributed by atoms with van der Waals surface area (Å²) in [6, 6.07) is 0. The lowest BCUT2D eigenvalue weighted by molar-refractivity contribution is -0.121. The Kier molecular flexibility index (Phi) is 4.54. The fourth-order valence-electron chi connectivity index (χ4n) is 2.30. The van der Waals surface area contributed by atoms with Crippen LogP contribution in [0.15, 0.2) is 0 Å². The quantitative estimate of drug-likeness (QED) is 0.919. The van der Waals surface area contributed by atoms with E-state index in [1.54, 1.807) is 0 Å². The molecule has 0 unspecified atom stereocenters. The van der Waals surface area contributed by atoms with Crippen molar-refractivity contribution in [3.8, 4) is 0 Å². The Morgan fingerprint density at radius 3 is 2.58 bits per heavy atom. The third-order valence-electron chi connectivity index (χ3n) is 3.14. The second-order valence-electron chi connectivity index (χ2n) is 5.16. The van der Waals surface area contributed by atoms with Crippen LogP contribution in [-0.2, 0) is 9.53 Å². The fraction of sp³-hybridized carbons (Fsp3) is 0.692. The molecule has 1 aliphatic rings. The predicted octanol–water partition coefficient (Wildman–Crippen LogP) is 1.81. The molecule has 19 heavy (non-hydrogen) atoms. The van der Waals surface area contributed by atoms with Gasteiger partial charge < -0.3 is 10.1 Å². The van der Waals surface area contributed by atoms with Crippen molar-refractivity contribution in [1.82, 2.24) is 9.88 Å². The summed E-state index contributed by atoms with van der Waals surface area (Å²) in [5.74, 6) is -0.00458. The largest absolute Gasteiger partial charge is 0.373 e. The number of hydrogen-bond acceptors (Lipinski definition) is 5. The van der Waals surface area contributed by atoms with Gasteiger partial charge in [-0.2, -0.15) is 0 Å². The van der Waals surface area contributed by atoms with Crippen LogP contribution >= 0.6 is 11.3 Å². The molecule has 5 nitrogen and oxygen atoms in total. The first-order valence-electron chi connectivity index (χ1n) is 6.55. The van der Waals surface area contributed by atoms with E-state index >= 15 is 0 Å².